The van der Waals surface area contributed by atoms with Crippen molar-refractivity contribution in [2.75, 3.05) is 43.1 Å². The average molecular weight is 389 g/mol. The monoisotopic (exact) mass is 389 g/mol. The predicted molar refractivity (Wildman–Crippen MR) is 102 cm³/mol. The van der Waals surface area contributed by atoms with Gasteiger partial charge in [0.1, 0.15) is 17.7 Å². The molecular weight excluding hydrogens is 365 g/mol. The molecule has 2 N–H and O–H groups in total. The van der Waals surface area contributed by atoms with Crippen molar-refractivity contribution >= 4 is 17.4 Å². The summed E-state index contributed by atoms with van der Waals surface area (Å²) >= 11 is 0. The van der Waals surface area contributed by atoms with E-state index >= 15 is 0 Å². The number of nitrogens with one attached hydrogen (secondary N) is 2. The first kappa shape index (κ1) is 18.7. The van der Waals surface area contributed by atoms with Gasteiger partial charge in [-0.2, -0.15) is 0 Å². The van der Waals surface area contributed by atoms with Gasteiger partial charge >= 0.3 is 6.03 Å². The van der Waals surface area contributed by atoms with Crippen LogP contribution in [0.5, 0.6) is 0 Å². The Labute approximate surface area is 162 Å². The van der Waals surface area contributed by atoms with Crippen molar-refractivity contribution in [3.8, 4) is 0 Å². The predicted octanol–water partition coefficient (Wildman–Crippen LogP) is 2.05. The van der Waals surface area contributed by atoms with Crippen LogP contribution in [-0.4, -0.2) is 54.5 Å². The van der Waals surface area contributed by atoms with Crippen LogP contribution in [0.25, 0.3) is 0 Å². The molecule has 2 aromatic rings. The Balaban J connectivity index is 1.46. The van der Waals surface area contributed by atoms with Crippen LogP contribution in [-0.2, 0) is 16.5 Å². The topological polar surface area (TPSA) is 80.6 Å². The minimum absolute atomic E-state index is 0.187. The number of hydrogen-bond acceptors (Lipinski definition) is 5. The number of carbonyl (C=O) groups excluding carboxylic acids is 1. The van der Waals surface area contributed by atoms with Crippen LogP contribution in [0.4, 0.5) is 20.6 Å². The normalized spacial score (nSPS) is 22.3. The number of benzene rings is 1. The minimum atomic E-state index is -0.351. The molecule has 28 heavy (non-hydrogen) atoms. The van der Waals surface area contributed by atoms with Gasteiger partial charge in [0.2, 0.25) is 0 Å². The third kappa shape index (κ3) is 3.95. The number of aryl methyl sites for hydroxylation is 1. The lowest BCUT2D eigenvalue weighted by molar-refractivity contribution is 0.0913. The van der Waals surface area contributed by atoms with Crippen LogP contribution in [0.1, 0.15) is 18.3 Å². The summed E-state index contributed by atoms with van der Waals surface area (Å²) in [5.41, 5.74) is 1.22. The molecular formula is C19H24FN5O3. The van der Waals surface area contributed by atoms with Gasteiger partial charge in [-0.05, 0) is 24.6 Å². The van der Waals surface area contributed by atoms with Gasteiger partial charge < -0.3 is 29.6 Å². The molecule has 3 heterocycles. The van der Waals surface area contributed by atoms with E-state index in [-0.39, 0.29) is 24.0 Å². The van der Waals surface area contributed by atoms with E-state index in [1.807, 2.05) is 22.7 Å². The van der Waals surface area contributed by atoms with E-state index in [0.717, 1.165) is 5.82 Å². The fourth-order valence-corrected chi connectivity index (χ4v) is 3.65. The number of amides is 2. The summed E-state index contributed by atoms with van der Waals surface area (Å²) in [7, 11) is 1.90. The van der Waals surface area contributed by atoms with E-state index < -0.39 is 0 Å². The van der Waals surface area contributed by atoms with Gasteiger partial charge in [-0.15, -0.1) is 0 Å². The zero-order chi connectivity index (χ0) is 19.5. The standard InChI is InChI=1S/C19H24FN5O3/c1-24-6-5-21-18(24)17-15(4-9-28-17)23-19(26)22-14-3-2-13(20)12-16(14)25-7-10-27-11-8-25/h2-3,5-6,12,15,17H,4,7-11H2,1H3,(H2,22,23,26)/t15-,17-/m1/s1. The molecule has 0 radical (unpaired) electrons. The maximum Gasteiger partial charge on any atom is 0.319 e. The molecule has 2 fully saturated rings. The van der Waals surface area contributed by atoms with E-state index in [1.54, 1.807) is 12.3 Å². The highest BCUT2D eigenvalue weighted by Crippen LogP contribution is 2.30. The lowest BCUT2D eigenvalue weighted by Crippen LogP contribution is -2.41. The first-order chi connectivity index (χ1) is 13.6. The Morgan fingerprint density at radius 2 is 2.11 bits per heavy atom. The molecule has 1 aromatic carbocycles. The van der Waals surface area contributed by atoms with E-state index in [1.165, 1.54) is 12.1 Å². The molecule has 1 aromatic heterocycles. The Kier molecular flexibility index (Phi) is 5.45. The quantitative estimate of drug-likeness (QED) is 0.837. The van der Waals surface area contributed by atoms with Gasteiger partial charge in [-0.25, -0.2) is 14.2 Å². The van der Waals surface area contributed by atoms with Gasteiger partial charge in [0.15, 0.2) is 0 Å². The number of urea groups is 1. The molecule has 150 valence electrons. The lowest BCUT2D eigenvalue weighted by Gasteiger charge is -2.30. The largest absolute Gasteiger partial charge is 0.378 e. The van der Waals surface area contributed by atoms with Crippen LogP contribution in [0.3, 0.4) is 0 Å². The molecule has 4 rings (SSSR count). The SMILES string of the molecule is Cn1ccnc1[C@@H]1OCC[C@H]1NC(=O)Nc1ccc(F)cc1N1CCOCC1. The molecule has 2 amide bonds. The number of morpholine rings is 1. The maximum absolute atomic E-state index is 13.8. The average Bonchev–Trinajstić information content (AvgIpc) is 3.32. The fraction of sp³-hybridized carbons (Fsp3) is 0.474. The lowest BCUT2D eigenvalue weighted by atomic mass is 10.1. The molecule has 9 heteroatoms. The summed E-state index contributed by atoms with van der Waals surface area (Å²) in [5, 5.41) is 5.83. The Morgan fingerprint density at radius 3 is 2.86 bits per heavy atom. The van der Waals surface area contributed by atoms with Crippen LogP contribution >= 0.6 is 0 Å². The van der Waals surface area contributed by atoms with E-state index in [2.05, 4.69) is 15.6 Å². The van der Waals surface area contributed by atoms with Gasteiger partial charge in [-0.3, -0.25) is 0 Å². The summed E-state index contributed by atoms with van der Waals surface area (Å²) in [5.74, 6) is 0.435. The number of ether oxygens (including phenoxy) is 2. The van der Waals surface area contributed by atoms with Gasteiger partial charge in [0.05, 0.1) is 30.6 Å². The molecule has 0 spiro atoms. The van der Waals surface area contributed by atoms with Crippen molar-refractivity contribution in [2.45, 2.75) is 18.6 Å². The molecule has 0 saturated carbocycles. The highest BCUT2D eigenvalue weighted by Gasteiger charge is 2.33. The highest BCUT2D eigenvalue weighted by molar-refractivity contribution is 5.93. The van der Waals surface area contributed by atoms with Gasteiger partial charge in [0, 0.05) is 39.1 Å². The van der Waals surface area contributed by atoms with Crippen LogP contribution in [0, 0.1) is 5.82 Å². The highest BCUT2D eigenvalue weighted by atomic mass is 19.1. The number of hydrogen-bond donors (Lipinski definition) is 2. The second kappa shape index (κ2) is 8.15. The number of halogens is 1. The summed E-state index contributed by atoms with van der Waals surface area (Å²) in [6, 6.07) is 3.83. The molecule has 0 unspecified atom stereocenters. The van der Waals surface area contributed by atoms with Crippen molar-refractivity contribution < 1.29 is 18.7 Å². The van der Waals surface area contributed by atoms with Crippen LogP contribution < -0.4 is 15.5 Å². The zero-order valence-corrected chi connectivity index (χ0v) is 15.7. The van der Waals surface area contributed by atoms with Crippen molar-refractivity contribution in [1.82, 2.24) is 14.9 Å². The molecule has 8 nitrogen and oxygen atoms in total. The second-order valence-corrected chi connectivity index (χ2v) is 6.94. The molecule has 2 atom stereocenters. The number of nitrogens with zero attached hydrogens (tertiary/aromatic N) is 3. The third-order valence-electron chi connectivity index (χ3n) is 5.08. The number of aromatic nitrogens is 2. The Hall–Kier alpha value is -2.65. The summed E-state index contributed by atoms with van der Waals surface area (Å²) in [4.78, 5) is 19.0. The van der Waals surface area contributed by atoms with Crippen LogP contribution in [0.15, 0.2) is 30.6 Å². The summed E-state index contributed by atoms with van der Waals surface area (Å²) < 4.78 is 26.8. The number of carbonyl (C=O) groups is 1. The molecule has 2 aliphatic heterocycles. The van der Waals surface area contributed by atoms with Crippen LogP contribution in [0.2, 0.25) is 0 Å². The number of rotatable bonds is 4. The number of anilines is 2. The number of imidazole rings is 1. The summed E-state index contributed by atoms with van der Waals surface area (Å²) in [6.07, 6.45) is 3.96. The zero-order valence-electron chi connectivity index (χ0n) is 15.7. The van der Waals surface area contributed by atoms with Gasteiger partial charge in [-0.1, -0.05) is 0 Å². The molecule has 0 aliphatic carbocycles. The van der Waals surface area contributed by atoms with Crippen molar-refractivity contribution in [3.05, 3.63) is 42.2 Å². The third-order valence-corrected chi connectivity index (χ3v) is 5.08. The second-order valence-electron chi connectivity index (χ2n) is 6.94. The fourth-order valence-electron chi connectivity index (χ4n) is 3.65. The smallest absolute Gasteiger partial charge is 0.319 e. The van der Waals surface area contributed by atoms with Crippen molar-refractivity contribution in [1.29, 1.82) is 0 Å². The first-order valence-electron chi connectivity index (χ1n) is 9.40. The van der Waals surface area contributed by atoms with Crippen molar-refractivity contribution in [3.63, 3.8) is 0 Å². The van der Waals surface area contributed by atoms with E-state index in [9.17, 15) is 9.18 Å². The Morgan fingerprint density at radius 1 is 1.29 bits per heavy atom. The Bertz CT molecular complexity index is 837. The van der Waals surface area contributed by atoms with E-state index in [0.29, 0.717) is 50.7 Å². The van der Waals surface area contributed by atoms with E-state index in [4.69, 9.17) is 9.47 Å². The molecule has 2 aliphatic rings. The maximum atomic E-state index is 13.8. The molecule has 0 bridgehead atoms. The van der Waals surface area contributed by atoms with Gasteiger partial charge in [0.25, 0.3) is 0 Å². The minimum Gasteiger partial charge on any atom is -0.378 e. The summed E-state index contributed by atoms with van der Waals surface area (Å²) in [6.45, 7) is 3.01. The first-order valence-corrected chi connectivity index (χ1v) is 9.40. The molecule has 2 saturated heterocycles. The van der Waals surface area contributed by atoms with Crippen molar-refractivity contribution in [2.24, 2.45) is 7.05 Å².